The van der Waals surface area contributed by atoms with Crippen molar-refractivity contribution in [3.05, 3.63) is 82.3 Å². The molecule has 0 radical (unpaired) electrons. The molecule has 0 spiro atoms. The maximum Gasteiger partial charge on any atom is 0.335 e. The molecule has 6 heteroatoms. The van der Waals surface area contributed by atoms with Crippen LogP contribution in [0.3, 0.4) is 0 Å². The molecule has 3 aromatic rings. The lowest BCUT2D eigenvalue weighted by atomic mass is 10.0. The predicted molar refractivity (Wildman–Crippen MR) is 107 cm³/mol. The number of amides is 4. The summed E-state index contributed by atoms with van der Waals surface area (Å²) in [6.07, 6.45) is 1.53. The third-order valence-corrected chi connectivity index (χ3v) is 4.84. The molecule has 1 aliphatic heterocycles. The second-order valence-corrected chi connectivity index (χ2v) is 6.92. The van der Waals surface area contributed by atoms with Crippen molar-refractivity contribution in [3.63, 3.8) is 0 Å². The van der Waals surface area contributed by atoms with E-state index in [1.165, 1.54) is 6.08 Å². The first-order valence-electron chi connectivity index (χ1n) is 8.19. The predicted octanol–water partition coefficient (Wildman–Crippen LogP) is 4.27. The number of carbonyl (C=O) groups excluding carboxylic acids is 3. The van der Waals surface area contributed by atoms with Gasteiger partial charge in [0.05, 0.1) is 5.69 Å². The Kier molecular flexibility index (Phi) is 4.33. The Morgan fingerprint density at radius 2 is 1.56 bits per heavy atom. The Hall–Kier alpha value is -3.25. The zero-order valence-corrected chi connectivity index (χ0v) is 15.6. The molecule has 0 bridgehead atoms. The molecule has 0 atom stereocenters. The summed E-state index contributed by atoms with van der Waals surface area (Å²) >= 11 is 3.32. The molecule has 1 aliphatic rings. The Labute approximate surface area is 163 Å². The van der Waals surface area contributed by atoms with Crippen LogP contribution in [0.1, 0.15) is 5.56 Å². The number of benzene rings is 3. The molecule has 1 heterocycles. The number of urea groups is 1. The van der Waals surface area contributed by atoms with Crippen LogP contribution in [0.4, 0.5) is 10.5 Å². The lowest BCUT2D eigenvalue weighted by Crippen LogP contribution is -2.54. The van der Waals surface area contributed by atoms with Crippen molar-refractivity contribution in [2.75, 3.05) is 4.90 Å². The van der Waals surface area contributed by atoms with Crippen LogP contribution >= 0.6 is 15.9 Å². The average molecular weight is 421 g/mol. The summed E-state index contributed by atoms with van der Waals surface area (Å²) in [5.41, 5.74) is 1.03. The molecule has 1 fully saturated rings. The summed E-state index contributed by atoms with van der Waals surface area (Å²) in [7, 11) is 0. The molecular formula is C21H13BrN2O3. The minimum atomic E-state index is -0.762. The lowest BCUT2D eigenvalue weighted by molar-refractivity contribution is -0.122. The molecule has 0 aromatic heterocycles. The number of nitrogens with zero attached hydrogens (tertiary/aromatic N) is 1. The van der Waals surface area contributed by atoms with Gasteiger partial charge >= 0.3 is 6.03 Å². The summed E-state index contributed by atoms with van der Waals surface area (Å²) in [6.45, 7) is 0. The van der Waals surface area contributed by atoms with Gasteiger partial charge in [-0.1, -0.05) is 58.4 Å². The first-order valence-corrected chi connectivity index (χ1v) is 8.99. The highest BCUT2D eigenvalue weighted by Crippen LogP contribution is 2.26. The van der Waals surface area contributed by atoms with Crippen LogP contribution in [0, 0.1) is 0 Å². The molecule has 5 nitrogen and oxygen atoms in total. The maximum atomic E-state index is 12.9. The topological polar surface area (TPSA) is 66.5 Å². The average Bonchev–Trinajstić information content (AvgIpc) is 2.66. The van der Waals surface area contributed by atoms with E-state index in [2.05, 4.69) is 21.2 Å². The van der Waals surface area contributed by atoms with Crippen LogP contribution in [-0.4, -0.2) is 17.8 Å². The minimum Gasteiger partial charge on any atom is -0.273 e. The van der Waals surface area contributed by atoms with Crippen molar-refractivity contribution >= 4 is 56.3 Å². The SMILES string of the molecule is O=C1NC(=O)N(c2ccc(Br)cc2)C(=O)C1=Cc1cccc2ccccc12. The molecule has 27 heavy (non-hydrogen) atoms. The van der Waals surface area contributed by atoms with E-state index in [1.54, 1.807) is 24.3 Å². The van der Waals surface area contributed by atoms with Crippen molar-refractivity contribution in [1.82, 2.24) is 5.32 Å². The second-order valence-electron chi connectivity index (χ2n) is 6.00. The number of barbiturate groups is 1. The van der Waals surface area contributed by atoms with Gasteiger partial charge < -0.3 is 0 Å². The molecule has 132 valence electrons. The van der Waals surface area contributed by atoms with Crippen molar-refractivity contribution in [1.29, 1.82) is 0 Å². The molecule has 4 rings (SSSR count). The Balaban J connectivity index is 1.80. The number of carbonyl (C=O) groups is 3. The molecule has 4 amide bonds. The van der Waals surface area contributed by atoms with Gasteiger partial charge in [0.15, 0.2) is 0 Å². The molecule has 1 saturated heterocycles. The summed E-state index contributed by atoms with van der Waals surface area (Å²) in [6, 6.07) is 19.3. The fourth-order valence-corrected chi connectivity index (χ4v) is 3.28. The van der Waals surface area contributed by atoms with E-state index in [-0.39, 0.29) is 5.57 Å². The number of rotatable bonds is 2. The van der Waals surface area contributed by atoms with Crippen molar-refractivity contribution in [3.8, 4) is 0 Å². The number of imide groups is 2. The number of halogens is 1. The molecule has 1 N–H and O–H groups in total. The fraction of sp³-hybridized carbons (Fsp3) is 0. The standard InChI is InChI=1S/C21H13BrN2O3/c22-15-8-10-16(11-9-15)24-20(26)18(19(25)23-21(24)27)12-14-6-3-5-13-4-1-2-7-17(13)14/h1-12H,(H,23,25,27). The number of anilines is 1. The molecule has 0 saturated carbocycles. The number of hydrogen-bond acceptors (Lipinski definition) is 3. The number of fused-ring (bicyclic) bond motifs is 1. The summed E-state index contributed by atoms with van der Waals surface area (Å²) in [4.78, 5) is 38.5. The normalized spacial score (nSPS) is 16.1. The van der Waals surface area contributed by atoms with E-state index < -0.39 is 17.8 Å². The maximum absolute atomic E-state index is 12.9. The van der Waals surface area contributed by atoms with Crippen molar-refractivity contribution in [2.45, 2.75) is 0 Å². The quantitative estimate of drug-likeness (QED) is 0.497. The summed E-state index contributed by atoms with van der Waals surface area (Å²) in [5, 5.41) is 4.15. The van der Waals surface area contributed by atoms with Crippen LogP contribution < -0.4 is 10.2 Å². The highest BCUT2D eigenvalue weighted by Gasteiger charge is 2.36. The molecule has 0 unspecified atom stereocenters. The minimum absolute atomic E-state index is 0.0890. The highest BCUT2D eigenvalue weighted by molar-refractivity contribution is 9.10. The van der Waals surface area contributed by atoms with Gasteiger partial charge in [-0.15, -0.1) is 0 Å². The van der Waals surface area contributed by atoms with Gasteiger partial charge in [0.1, 0.15) is 5.57 Å². The van der Waals surface area contributed by atoms with E-state index in [1.807, 2.05) is 42.5 Å². The summed E-state index contributed by atoms with van der Waals surface area (Å²) < 4.78 is 0.818. The third-order valence-electron chi connectivity index (χ3n) is 4.31. The van der Waals surface area contributed by atoms with Gasteiger partial charge in [0.25, 0.3) is 11.8 Å². The third kappa shape index (κ3) is 3.15. The van der Waals surface area contributed by atoms with E-state index in [0.717, 1.165) is 25.7 Å². The Bertz CT molecular complexity index is 1110. The van der Waals surface area contributed by atoms with Crippen LogP contribution in [0.15, 0.2) is 76.8 Å². The van der Waals surface area contributed by atoms with Gasteiger partial charge in [-0.25, -0.2) is 9.69 Å². The molecule has 0 aliphatic carbocycles. The lowest BCUT2D eigenvalue weighted by Gasteiger charge is -2.26. The Morgan fingerprint density at radius 1 is 0.852 bits per heavy atom. The fourth-order valence-electron chi connectivity index (χ4n) is 3.01. The van der Waals surface area contributed by atoms with E-state index >= 15 is 0 Å². The molecule has 3 aromatic carbocycles. The van der Waals surface area contributed by atoms with Gasteiger partial charge in [-0.3, -0.25) is 14.9 Å². The van der Waals surface area contributed by atoms with Gasteiger partial charge in [-0.05, 0) is 46.7 Å². The van der Waals surface area contributed by atoms with Gasteiger partial charge in [0.2, 0.25) is 0 Å². The van der Waals surface area contributed by atoms with E-state index in [9.17, 15) is 14.4 Å². The van der Waals surface area contributed by atoms with Crippen LogP contribution in [0.2, 0.25) is 0 Å². The van der Waals surface area contributed by atoms with Gasteiger partial charge in [-0.2, -0.15) is 0 Å². The van der Waals surface area contributed by atoms with Gasteiger partial charge in [0, 0.05) is 4.47 Å². The highest BCUT2D eigenvalue weighted by atomic mass is 79.9. The number of hydrogen-bond donors (Lipinski definition) is 1. The van der Waals surface area contributed by atoms with Crippen LogP contribution in [0.25, 0.3) is 16.8 Å². The Morgan fingerprint density at radius 3 is 2.33 bits per heavy atom. The first kappa shape index (κ1) is 17.2. The first-order chi connectivity index (χ1) is 13.0. The number of nitrogens with one attached hydrogen (secondary N) is 1. The largest absolute Gasteiger partial charge is 0.335 e. The smallest absolute Gasteiger partial charge is 0.273 e. The van der Waals surface area contributed by atoms with Crippen LogP contribution in [-0.2, 0) is 9.59 Å². The van der Waals surface area contributed by atoms with E-state index in [4.69, 9.17) is 0 Å². The second kappa shape index (κ2) is 6.81. The van der Waals surface area contributed by atoms with Crippen molar-refractivity contribution in [2.24, 2.45) is 0 Å². The zero-order valence-electron chi connectivity index (χ0n) is 14.0. The van der Waals surface area contributed by atoms with Crippen molar-refractivity contribution < 1.29 is 14.4 Å². The zero-order chi connectivity index (χ0) is 19.0. The van der Waals surface area contributed by atoms with Crippen LogP contribution in [0.5, 0.6) is 0 Å². The summed E-state index contributed by atoms with van der Waals surface area (Å²) in [5.74, 6) is -1.36. The van der Waals surface area contributed by atoms with E-state index in [0.29, 0.717) is 5.69 Å². The molecular weight excluding hydrogens is 408 g/mol. The monoisotopic (exact) mass is 420 g/mol.